The number of hydrogen-bond acceptors (Lipinski definition) is 3. The van der Waals surface area contributed by atoms with Gasteiger partial charge in [0.2, 0.25) is 5.76 Å². The number of benzene rings is 1. The Balaban J connectivity index is 1.91. The Morgan fingerprint density at radius 2 is 1.90 bits per heavy atom. The van der Waals surface area contributed by atoms with E-state index in [4.69, 9.17) is 9.52 Å². The molecule has 2 unspecified atom stereocenters. The van der Waals surface area contributed by atoms with Crippen LogP contribution < -0.4 is 5.32 Å². The summed E-state index contributed by atoms with van der Waals surface area (Å²) in [5.41, 5.74) is 1.28. The van der Waals surface area contributed by atoms with Crippen molar-refractivity contribution in [1.29, 1.82) is 0 Å². The van der Waals surface area contributed by atoms with Crippen molar-refractivity contribution < 1.29 is 14.3 Å². The van der Waals surface area contributed by atoms with Gasteiger partial charge in [0.25, 0.3) is 0 Å². The minimum Gasteiger partial charge on any atom is -0.475 e. The molecule has 0 radical (unpaired) electrons. The van der Waals surface area contributed by atoms with Crippen LogP contribution in [0.15, 0.2) is 46.9 Å². The van der Waals surface area contributed by atoms with Crippen LogP contribution in [0.4, 0.5) is 0 Å². The molecule has 0 aliphatic rings. The molecule has 0 bridgehead atoms. The van der Waals surface area contributed by atoms with Gasteiger partial charge in [-0.1, -0.05) is 37.3 Å². The van der Waals surface area contributed by atoms with Gasteiger partial charge in [0.15, 0.2) is 0 Å². The Kier molecular flexibility index (Phi) is 4.58. The Labute approximate surface area is 118 Å². The summed E-state index contributed by atoms with van der Waals surface area (Å²) >= 11 is 0. The fourth-order valence-corrected chi connectivity index (χ4v) is 2.05. The normalized spacial score (nSPS) is 13.9. The number of hydrogen-bond donors (Lipinski definition) is 2. The van der Waals surface area contributed by atoms with Crippen molar-refractivity contribution in [2.45, 2.75) is 25.8 Å². The Morgan fingerprint density at radius 3 is 2.50 bits per heavy atom. The molecule has 4 heteroatoms. The predicted octanol–water partition coefficient (Wildman–Crippen LogP) is 3.43. The van der Waals surface area contributed by atoms with Gasteiger partial charge in [0, 0.05) is 6.54 Å². The molecule has 106 valence electrons. The van der Waals surface area contributed by atoms with Crippen molar-refractivity contribution >= 4 is 5.97 Å². The molecular weight excluding hydrogens is 254 g/mol. The number of furan rings is 1. The van der Waals surface area contributed by atoms with E-state index in [0.717, 1.165) is 6.54 Å². The number of carbonyl (C=O) groups is 1. The zero-order chi connectivity index (χ0) is 14.5. The topological polar surface area (TPSA) is 62.5 Å². The van der Waals surface area contributed by atoms with Gasteiger partial charge in [-0.3, -0.25) is 0 Å². The summed E-state index contributed by atoms with van der Waals surface area (Å²) in [4.78, 5) is 10.8. The van der Waals surface area contributed by atoms with E-state index in [9.17, 15) is 4.79 Å². The van der Waals surface area contributed by atoms with Crippen molar-refractivity contribution in [2.24, 2.45) is 0 Å². The molecule has 1 aromatic heterocycles. The van der Waals surface area contributed by atoms with Crippen LogP contribution in [0.5, 0.6) is 0 Å². The summed E-state index contributed by atoms with van der Waals surface area (Å²) in [6, 6.07) is 13.4. The van der Waals surface area contributed by atoms with E-state index in [2.05, 4.69) is 24.4 Å². The highest BCUT2D eigenvalue weighted by atomic mass is 16.4. The molecule has 20 heavy (non-hydrogen) atoms. The highest BCUT2D eigenvalue weighted by Crippen LogP contribution is 2.18. The second-order valence-corrected chi connectivity index (χ2v) is 4.95. The zero-order valence-corrected chi connectivity index (χ0v) is 11.7. The zero-order valence-electron chi connectivity index (χ0n) is 11.7. The lowest BCUT2D eigenvalue weighted by molar-refractivity contribution is 0.0659. The van der Waals surface area contributed by atoms with E-state index < -0.39 is 5.97 Å². The molecule has 1 aromatic carbocycles. The minimum atomic E-state index is -1.04. The average Bonchev–Trinajstić information content (AvgIpc) is 2.95. The lowest BCUT2D eigenvalue weighted by Crippen LogP contribution is -2.23. The molecule has 1 heterocycles. The summed E-state index contributed by atoms with van der Waals surface area (Å²) < 4.78 is 5.28. The van der Waals surface area contributed by atoms with Gasteiger partial charge in [-0.2, -0.15) is 0 Å². The van der Waals surface area contributed by atoms with E-state index in [1.54, 1.807) is 6.07 Å². The molecule has 0 spiro atoms. The third-order valence-electron chi connectivity index (χ3n) is 3.36. The molecular formula is C16H19NO3. The van der Waals surface area contributed by atoms with Gasteiger partial charge < -0.3 is 14.8 Å². The second kappa shape index (κ2) is 6.39. The van der Waals surface area contributed by atoms with Crippen LogP contribution in [0.2, 0.25) is 0 Å². The third-order valence-corrected chi connectivity index (χ3v) is 3.36. The van der Waals surface area contributed by atoms with E-state index >= 15 is 0 Å². The summed E-state index contributed by atoms with van der Waals surface area (Å²) in [6.45, 7) is 4.91. The van der Waals surface area contributed by atoms with Crippen molar-refractivity contribution in [3.8, 4) is 0 Å². The molecule has 0 aliphatic heterocycles. The van der Waals surface area contributed by atoms with Crippen molar-refractivity contribution in [2.75, 3.05) is 6.54 Å². The van der Waals surface area contributed by atoms with Gasteiger partial charge in [-0.05, 0) is 30.5 Å². The molecule has 0 saturated carbocycles. The number of rotatable bonds is 6. The van der Waals surface area contributed by atoms with Crippen molar-refractivity contribution in [1.82, 2.24) is 5.32 Å². The van der Waals surface area contributed by atoms with E-state index in [0.29, 0.717) is 11.7 Å². The van der Waals surface area contributed by atoms with Crippen LogP contribution in [-0.2, 0) is 0 Å². The van der Waals surface area contributed by atoms with Crippen LogP contribution in [0.3, 0.4) is 0 Å². The quantitative estimate of drug-likeness (QED) is 0.846. The van der Waals surface area contributed by atoms with Crippen molar-refractivity contribution in [3.05, 3.63) is 59.5 Å². The predicted molar refractivity (Wildman–Crippen MR) is 76.9 cm³/mol. The van der Waals surface area contributed by atoms with Gasteiger partial charge in [-0.25, -0.2) is 4.79 Å². The Bertz CT molecular complexity index is 562. The van der Waals surface area contributed by atoms with Crippen LogP contribution in [0.1, 0.15) is 47.7 Å². The monoisotopic (exact) mass is 273 g/mol. The molecule has 2 rings (SSSR count). The number of aromatic carboxylic acids is 1. The lowest BCUT2D eigenvalue weighted by atomic mass is 10.0. The first-order valence-electron chi connectivity index (χ1n) is 6.69. The molecule has 0 amide bonds. The average molecular weight is 273 g/mol. The third kappa shape index (κ3) is 3.48. The fourth-order valence-electron chi connectivity index (χ4n) is 2.05. The summed E-state index contributed by atoms with van der Waals surface area (Å²) in [6.07, 6.45) is 0. The maximum absolute atomic E-state index is 10.8. The Hall–Kier alpha value is -2.07. The van der Waals surface area contributed by atoms with E-state index in [1.807, 2.05) is 25.1 Å². The highest BCUT2D eigenvalue weighted by molar-refractivity contribution is 5.84. The smallest absolute Gasteiger partial charge is 0.371 e. The molecule has 0 saturated heterocycles. The first-order valence-corrected chi connectivity index (χ1v) is 6.69. The first-order chi connectivity index (χ1) is 9.58. The molecule has 2 atom stereocenters. The number of carboxylic acids is 1. The molecule has 2 N–H and O–H groups in total. The summed E-state index contributed by atoms with van der Waals surface area (Å²) in [7, 11) is 0. The Morgan fingerprint density at radius 1 is 1.20 bits per heavy atom. The maximum atomic E-state index is 10.8. The van der Waals surface area contributed by atoms with E-state index in [-0.39, 0.29) is 11.8 Å². The van der Waals surface area contributed by atoms with Crippen LogP contribution in [0.25, 0.3) is 0 Å². The van der Waals surface area contributed by atoms with Crippen LogP contribution in [0, 0.1) is 0 Å². The van der Waals surface area contributed by atoms with Crippen LogP contribution >= 0.6 is 0 Å². The molecule has 0 aliphatic carbocycles. The lowest BCUT2D eigenvalue weighted by Gasteiger charge is -2.16. The van der Waals surface area contributed by atoms with Gasteiger partial charge in [0.1, 0.15) is 5.76 Å². The van der Waals surface area contributed by atoms with Gasteiger partial charge in [-0.15, -0.1) is 0 Å². The molecule has 2 aromatic rings. The van der Waals surface area contributed by atoms with Crippen molar-refractivity contribution in [3.63, 3.8) is 0 Å². The SMILES string of the molecule is CC(CNC(C)c1ccc(C(=O)O)o1)c1ccccc1. The largest absolute Gasteiger partial charge is 0.475 e. The highest BCUT2D eigenvalue weighted by Gasteiger charge is 2.15. The number of carboxylic acid groups (broad SMARTS) is 1. The summed E-state index contributed by atoms with van der Waals surface area (Å²) in [5, 5.41) is 12.2. The molecule has 0 fully saturated rings. The second-order valence-electron chi connectivity index (χ2n) is 4.95. The minimum absolute atomic E-state index is 0.0192. The van der Waals surface area contributed by atoms with Gasteiger partial charge in [0.05, 0.1) is 6.04 Å². The van der Waals surface area contributed by atoms with E-state index in [1.165, 1.54) is 11.6 Å². The van der Waals surface area contributed by atoms with Crippen LogP contribution in [-0.4, -0.2) is 17.6 Å². The standard InChI is InChI=1S/C16H19NO3/c1-11(13-6-4-3-5-7-13)10-17-12(2)14-8-9-15(20-14)16(18)19/h3-9,11-12,17H,10H2,1-2H3,(H,18,19). The fraction of sp³-hybridized carbons (Fsp3) is 0.312. The maximum Gasteiger partial charge on any atom is 0.371 e. The number of nitrogens with one attached hydrogen (secondary N) is 1. The summed E-state index contributed by atoms with van der Waals surface area (Å²) in [5.74, 6) is -0.0407. The molecule has 4 nitrogen and oxygen atoms in total. The first kappa shape index (κ1) is 14.3. The van der Waals surface area contributed by atoms with Gasteiger partial charge >= 0.3 is 5.97 Å².